The monoisotopic (exact) mass is 392 g/mol. The molecule has 6 heteroatoms. The van der Waals surface area contributed by atoms with E-state index in [0.717, 1.165) is 16.8 Å². The third-order valence-electron chi connectivity index (χ3n) is 5.55. The third kappa shape index (κ3) is 4.90. The first-order valence-corrected chi connectivity index (χ1v) is 10.0. The Morgan fingerprint density at radius 3 is 2.52 bits per heavy atom. The average Bonchev–Trinajstić information content (AvgIpc) is 3.15. The van der Waals surface area contributed by atoms with Crippen LogP contribution in [-0.2, 0) is 17.9 Å². The summed E-state index contributed by atoms with van der Waals surface area (Å²) in [5.74, 6) is -0.748. The number of pyridine rings is 1. The van der Waals surface area contributed by atoms with E-state index in [1.54, 1.807) is 12.4 Å². The molecule has 0 aliphatic carbocycles. The summed E-state index contributed by atoms with van der Waals surface area (Å²) in [7, 11) is 0. The van der Waals surface area contributed by atoms with Crippen LogP contribution in [0.2, 0.25) is 0 Å². The summed E-state index contributed by atoms with van der Waals surface area (Å²) in [5, 5.41) is 17.8. The van der Waals surface area contributed by atoms with Gasteiger partial charge in [0, 0.05) is 42.8 Å². The molecule has 0 aliphatic heterocycles. The molecule has 0 aliphatic rings. The summed E-state index contributed by atoms with van der Waals surface area (Å²) in [5.41, 5.74) is 3.28. The molecule has 1 aromatic carbocycles. The second-order valence-corrected chi connectivity index (χ2v) is 7.32. The molecule has 3 rings (SSSR count). The number of nitrogens with zero attached hydrogens (tertiary/aromatic N) is 3. The lowest BCUT2D eigenvalue weighted by molar-refractivity contribution is -0.149. The summed E-state index contributed by atoms with van der Waals surface area (Å²) in [6, 6.07) is 14.1. The molecular formula is C23H28N4O2. The Morgan fingerprint density at radius 2 is 1.90 bits per heavy atom. The van der Waals surface area contributed by atoms with Crippen LogP contribution in [-0.4, -0.2) is 32.4 Å². The molecular weight excluding hydrogens is 364 g/mol. The molecule has 0 radical (unpaired) electrons. The molecule has 0 unspecified atom stereocenters. The van der Waals surface area contributed by atoms with Crippen LogP contribution < -0.4 is 5.32 Å². The number of benzene rings is 1. The van der Waals surface area contributed by atoms with Gasteiger partial charge in [-0.3, -0.25) is 14.5 Å². The fourth-order valence-corrected chi connectivity index (χ4v) is 3.50. The highest BCUT2D eigenvalue weighted by Gasteiger charge is 2.34. The van der Waals surface area contributed by atoms with Gasteiger partial charge in [0.15, 0.2) is 0 Å². The minimum absolute atomic E-state index is 0.422. The molecule has 0 atom stereocenters. The van der Waals surface area contributed by atoms with Crippen LogP contribution >= 0.6 is 0 Å². The third-order valence-corrected chi connectivity index (χ3v) is 5.55. The maximum atomic E-state index is 11.8. The summed E-state index contributed by atoms with van der Waals surface area (Å²) >= 11 is 0. The van der Waals surface area contributed by atoms with Crippen LogP contribution in [0.15, 0.2) is 61.1 Å². The predicted octanol–water partition coefficient (Wildman–Crippen LogP) is 3.97. The van der Waals surface area contributed by atoms with Gasteiger partial charge in [0.2, 0.25) is 0 Å². The molecule has 0 saturated heterocycles. The van der Waals surface area contributed by atoms with Crippen molar-refractivity contribution in [3.63, 3.8) is 0 Å². The molecule has 29 heavy (non-hydrogen) atoms. The number of aromatic nitrogens is 3. The van der Waals surface area contributed by atoms with E-state index in [9.17, 15) is 9.90 Å². The van der Waals surface area contributed by atoms with Crippen molar-refractivity contribution in [3.8, 4) is 11.3 Å². The SMILES string of the molecule is CCC(CC)(CNCc1cn(Cc2ccccc2)nc1-c1cccnc1)C(=O)O. The van der Waals surface area contributed by atoms with E-state index in [4.69, 9.17) is 5.10 Å². The molecule has 0 spiro atoms. The van der Waals surface area contributed by atoms with E-state index in [1.807, 2.05) is 55.1 Å². The van der Waals surface area contributed by atoms with Gasteiger partial charge in [0.1, 0.15) is 0 Å². The summed E-state index contributed by atoms with van der Waals surface area (Å²) < 4.78 is 1.93. The van der Waals surface area contributed by atoms with E-state index in [2.05, 4.69) is 22.4 Å². The van der Waals surface area contributed by atoms with E-state index < -0.39 is 11.4 Å². The van der Waals surface area contributed by atoms with Crippen LogP contribution in [0.5, 0.6) is 0 Å². The van der Waals surface area contributed by atoms with Gasteiger partial charge >= 0.3 is 5.97 Å². The van der Waals surface area contributed by atoms with Crippen molar-refractivity contribution in [1.29, 1.82) is 0 Å². The standard InChI is InChI=1S/C23H28N4O2/c1-3-23(4-2,22(28)29)17-25-14-20-16-27(15-18-9-6-5-7-10-18)26-21(20)19-11-8-12-24-13-19/h5-13,16,25H,3-4,14-15,17H2,1-2H3,(H,28,29). The molecule has 2 aromatic heterocycles. The first-order valence-electron chi connectivity index (χ1n) is 10.0. The molecule has 0 saturated carbocycles. The lowest BCUT2D eigenvalue weighted by atomic mass is 9.82. The lowest BCUT2D eigenvalue weighted by Crippen LogP contribution is -2.40. The van der Waals surface area contributed by atoms with Crippen LogP contribution in [0.3, 0.4) is 0 Å². The molecule has 0 amide bonds. The van der Waals surface area contributed by atoms with Crippen molar-refractivity contribution >= 4 is 5.97 Å². The molecule has 3 aromatic rings. The van der Waals surface area contributed by atoms with Gasteiger partial charge < -0.3 is 10.4 Å². The van der Waals surface area contributed by atoms with Crippen molar-refractivity contribution in [3.05, 3.63) is 72.2 Å². The normalized spacial score (nSPS) is 11.5. The topological polar surface area (TPSA) is 80.0 Å². The van der Waals surface area contributed by atoms with Crippen molar-refractivity contribution in [2.24, 2.45) is 5.41 Å². The van der Waals surface area contributed by atoms with Crippen LogP contribution in [0.1, 0.15) is 37.8 Å². The number of carboxylic acid groups (broad SMARTS) is 1. The van der Waals surface area contributed by atoms with Crippen LogP contribution in [0, 0.1) is 5.41 Å². The van der Waals surface area contributed by atoms with Gasteiger partial charge in [-0.1, -0.05) is 44.2 Å². The van der Waals surface area contributed by atoms with Crippen LogP contribution in [0.4, 0.5) is 0 Å². The Bertz CT molecular complexity index is 919. The Balaban J connectivity index is 1.81. The van der Waals surface area contributed by atoms with Crippen molar-refractivity contribution < 1.29 is 9.90 Å². The molecule has 0 bridgehead atoms. The molecule has 6 nitrogen and oxygen atoms in total. The summed E-state index contributed by atoms with van der Waals surface area (Å²) in [4.78, 5) is 16.0. The number of carbonyl (C=O) groups is 1. The zero-order valence-electron chi connectivity index (χ0n) is 17.0. The Kier molecular flexibility index (Phi) is 6.77. The van der Waals surface area contributed by atoms with Crippen molar-refractivity contribution in [2.45, 2.75) is 39.8 Å². The van der Waals surface area contributed by atoms with Gasteiger partial charge in [-0.15, -0.1) is 0 Å². The predicted molar refractivity (Wildman–Crippen MR) is 113 cm³/mol. The zero-order valence-corrected chi connectivity index (χ0v) is 17.0. The maximum absolute atomic E-state index is 11.8. The van der Waals surface area contributed by atoms with Gasteiger partial charge in [-0.25, -0.2) is 0 Å². The van der Waals surface area contributed by atoms with E-state index in [-0.39, 0.29) is 0 Å². The second-order valence-electron chi connectivity index (χ2n) is 7.32. The summed E-state index contributed by atoms with van der Waals surface area (Å²) in [6.45, 7) is 5.51. The van der Waals surface area contributed by atoms with E-state index in [0.29, 0.717) is 32.5 Å². The highest BCUT2D eigenvalue weighted by molar-refractivity contribution is 5.74. The number of rotatable bonds is 10. The fraction of sp³-hybridized carbons (Fsp3) is 0.348. The van der Waals surface area contributed by atoms with Gasteiger partial charge in [-0.05, 0) is 30.5 Å². The lowest BCUT2D eigenvalue weighted by Gasteiger charge is -2.27. The van der Waals surface area contributed by atoms with E-state index >= 15 is 0 Å². The highest BCUT2D eigenvalue weighted by Crippen LogP contribution is 2.27. The van der Waals surface area contributed by atoms with Crippen molar-refractivity contribution in [1.82, 2.24) is 20.1 Å². The fourth-order valence-electron chi connectivity index (χ4n) is 3.50. The first kappa shape index (κ1) is 20.7. The Morgan fingerprint density at radius 1 is 1.14 bits per heavy atom. The second kappa shape index (κ2) is 9.47. The quantitative estimate of drug-likeness (QED) is 0.546. The number of hydrogen-bond donors (Lipinski definition) is 2. The number of hydrogen-bond acceptors (Lipinski definition) is 4. The highest BCUT2D eigenvalue weighted by atomic mass is 16.4. The molecule has 0 fully saturated rings. The average molecular weight is 393 g/mol. The smallest absolute Gasteiger partial charge is 0.310 e. The molecule has 152 valence electrons. The number of nitrogens with one attached hydrogen (secondary N) is 1. The van der Waals surface area contributed by atoms with Gasteiger partial charge in [-0.2, -0.15) is 5.10 Å². The minimum Gasteiger partial charge on any atom is -0.481 e. The number of carboxylic acids is 1. The van der Waals surface area contributed by atoms with Gasteiger partial charge in [0.25, 0.3) is 0 Å². The largest absolute Gasteiger partial charge is 0.481 e. The number of aliphatic carboxylic acids is 1. The maximum Gasteiger partial charge on any atom is 0.310 e. The Hall–Kier alpha value is -2.99. The van der Waals surface area contributed by atoms with E-state index in [1.165, 1.54) is 5.56 Å². The first-order chi connectivity index (χ1) is 14.1. The Labute approximate surface area is 171 Å². The van der Waals surface area contributed by atoms with Crippen molar-refractivity contribution in [2.75, 3.05) is 6.54 Å². The summed E-state index contributed by atoms with van der Waals surface area (Å²) in [6.07, 6.45) is 6.76. The van der Waals surface area contributed by atoms with Gasteiger partial charge in [0.05, 0.1) is 17.7 Å². The molecule has 2 N–H and O–H groups in total. The zero-order chi connectivity index (χ0) is 20.7. The molecule has 2 heterocycles. The van der Waals surface area contributed by atoms with Crippen LogP contribution in [0.25, 0.3) is 11.3 Å². The minimum atomic E-state index is -0.748.